The third-order valence-corrected chi connectivity index (χ3v) is 4.76. The molecule has 17 heavy (non-hydrogen) atoms. The molecule has 0 amide bonds. The molecule has 0 unspecified atom stereocenters. The molecular formula is C10H22N2O3S2. The van der Waals surface area contributed by atoms with Crippen molar-refractivity contribution < 1.29 is 13.6 Å². The van der Waals surface area contributed by atoms with E-state index in [-0.39, 0.29) is 17.0 Å². The highest BCUT2D eigenvalue weighted by Crippen LogP contribution is 2.23. The Morgan fingerprint density at radius 1 is 1.41 bits per heavy atom. The summed E-state index contributed by atoms with van der Waals surface area (Å²) in [4.78, 5) is 0. The first-order chi connectivity index (χ1) is 7.69. The van der Waals surface area contributed by atoms with Crippen molar-refractivity contribution in [3.8, 4) is 0 Å². The summed E-state index contributed by atoms with van der Waals surface area (Å²) in [6.07, 6.45) is 2.97. The summed E-state index contributed by atoms with van der Waals surface area (Å²) in [5, 5.41) is 11.6. The molecular weight excluding hydrogens is 260 g/mol. The molecule has 0 saturated heterocycles. The minimum atomic E-state index is -2.85. The first-order valence-corrected chi connectivity index (χ1v) is 8.64. The Morgan fingerprint density at radius 3 is 2.47 bits per heavy atom. The van der Waals surface area contributed by atoms with Crippen molar-refractivity contribution in [2.24, 2.45) is 16.3 Å². The van der Waals surface area contributed by atoms with Crippen LogP contribution in [0.15, 0.2) is 5.16 Å². The number of amidine groups is 1. The zero-order valence-electron chi connectivity index (χ0n) is 10.6. The normalized spacial score (nSPS) is 13.9. The van der Waals surface area contributed by atoms with Gasteiger partial charge in [-0.05, 0) is 18.6 Å². The maximum atomic E-state index is 10.9. The lowest BCUT2D eigenvalue weighted by Gasteiger charge is -2.22. The second-order valence-corrected chi connectivity index (χ2v) is 8.20. The molecule has 0 aromatic carbocycles. The molecule has 0 heterocycles. The zero-order valence-corrected chi connectivity index (χ0v) is 12.3. The van der Waals surface area contributed by atoms with Crippen LogP contribution in [0.2, 0.25) is 0 Å². The maximum Gasteiger partial charge on any atom is 0.148 e. The van der Waals surface area contributed by atoms with Crippen molar-refractivity contribution in [2.75, 3.05) is 23.5 Å². The largest absolute Gasteiger partial charge is 0.409 e. The molecule has 0 rings (SSSR count). The summed E-state index contributed by atoms with van der Waals surface area (Å²) in [5.74, 6) is 1.97. The predicted molar refractivity (Wildman–Crippen MR) is 73.5 cm³/mol. The summed E-state index contributed by atoms with van der Waals surface area (Å²) in [5.41, 5.74) is 5.25. The summed E-state index contributed by atoms with van der Waals surface area (Å²) < 4.78 is 21.8. The van der Waals surface area contributed by atoms with Gasteiger partial charge < -0.3 is 10.9 Å². The van der Waals surface area contributed by atoms with Crippen LogP contribution in [-0.2, 0) is 9.84 Å². The van der Waals surface area contributed by atoms with E-state index in [9.17, 15) is 8.42 Å². The SMILES string of the molecule is CC(C)(CCCSCCS(C)(=O)=O)C(N)=NO. The van der Waals surface area contributed by atoms with Crippen molar-refractivity contribution >= 4 is 27.4 Å². The van der Waals surface area contributed by atoms with E-state index >= 15 is 0 Å². The standard InChI is InChI=1S/C10H22N2O3S2/c1-10(2,9(11)12-13)5-4-6-16-7-8-17(3,14)15/h13H,4-8H2,1-3H3,(H2,11,12). The Kier molecular flexibility index (Phi) is 6.92. The molecule has 0 bridgehead atoms. The monoisotopic (exact) mass is 282 g/mol. The van der Waals surface area contributed by atoms with Crippen molar-refractivity contribution in [1.82, 2.24) is 0 Å². The number of nitrogens with zero attached hydrogens (tertiary/aromatic N) is 1. The fourth-order valence-electron chi connectivity index (χ4n) is 1.19. The Balaban J connectivity index is 3.72. The average molecular weight is 282 g/mol. The molecule has 102 valence electrons. The first-order valence-electron chi connectivity index (χ1n) is 5.42. The Hall–Kier alpha value is -0.430. The quantitative estimate of drug-likeness (QED) is 0.230. The van der Waals surface area contributed by atoms with Crippen LogP contribution in [0.5, 0.6) is 0 Å². The van der Waals surface area contributed by atoms with Crippen molar-refractivity contribution in [1.29, 1.82) is 0 Å². The van der Waals surface area contributed by atoms with E-state index < -0.39 is 9.84 Å². The smallest absolute Gasteiger partial charge is 0.148 e. The van der Waals surface area contributed by atoms with E-state index in [1.807, 2.05) is 13.8 Å². The number of hydrogen-bond donors (Lipinski definition) is 2. The molecule has 0 radical (unpaired) electrons. The van der Waals surface area contributed by atoms with Crippen LogP contribution in [0, 0.1) is 5.41 Å². The van der Waals surface area contributed by atoms with Crippen LogP contribution >= 0.6 is 11.8 Å². The Morgan fingerprint density at radius 2 is 2.00 bits per heavy atom. The van der Waals surface area contributed by atoms with Gasteiger partial charge in [0.15, 0.2) is 0 Å². The Bertz CT molecular complexity index is 351. The molecule has 0 spiro atoms. The fraction of sp³-hybridized carbons (Fsp3) is 0.900. The minimum Gasteiger partial charge on any atom is -0.409 e. The molecule has 5 nitrogen and oxygen atoms in total. The minimum absolute atomic E-state index is 0.224. The van der Waals surface area contributed by atoms with Gasteiger partial charge in [-0.15, -0.1) is 0 Å². The van der Waals surface area contributed by atoms with Gasteiger partial charge in [-0.3, -0.25) is 0 Å². The number of sulfone groups is 1. The van der Waals surface area contributed by atoms with E-state index in [2.05, 4.69) is 5.16 Å². The van der Waals surface area contributed by atoms with Crippen molar-refractivity contribution in [3.63, 3.8) is 0 Å². The van der Waals surface area contributed by atoms with Crippen molar-refractivity contribution in [3.05, 3.63) is 0 Å². The second-order valence-electron chi connectivity index (χ2n) is 4.71. The lowest BCUT2D eigenvalue weighted by molar-refractivity contribution is 0.305. The third kappa shape index (κ3) is 8.31. The summed E-state index contributed by atoms with van der Waals surface area (Å²) in [6, 6.07) is 0. The third-order valence-electron chi connectivity index (χ3n) is 2.49. The molecule has 3 N–H and O–H groups in total. The average Bonchev–Trinajstić information content (AvgIpc) is 2.20. The summed E-state index contributed by atoms with van der Waals surface area (Å²) in [7, 11) is -2.85. The van der Waals surface area contributed by atoms with Gasteiger partial charge in [-0.25, -0.2) is 8.42 Å². The van der Waals surface area contributed by atoms with Gasteiger partial charge in [0.2, 0.25) is 0 Å². The second kappa shape index (κ2) is 7.10. The molecule has 0 saturated carbocycles. The highest BCUT2D eigenvalue weighted by Gasteiger charge is 2.22. The fourth-order valence-corrected chi connectivity index (χ4v) is 3.43. The van der Waals surface area contributed by atoms with Crippen molar-refractivity contribution in [2.45, 2.75) is 26.7 Å². The Labute approximate surface area is 108 Å². The van der Waals surface area contributed by atoms with Crippen LogP contribution < -0.4 is 5.73 Å². The van der Waals surface area contributed by atoms with Gasteiger partial charge in [0.25, 0.3) is 0 Å². The van der Waals surface area contributed by atoms with Crippen LogP contribution in [-0.4, -0.2) is 43.0 Å². The highest BCUT2D eigenvalue weighted by atomic mass is 32.2. The van der Waals surface area contributed by atoms with Crippen LogP contribution in [0.4, 0.5) is 0 Å². The van der Waals surface area contributed by atoms with E-state index in [1.165, 1.54) is 6.26 Å². The summed E-state index contributed by atoms with van der Waals surface area (Å²) >= 11 is 1.62. The van der Waals surface area contributed by atoms with Gasteiger partial charge in [0.05, 0.1) is 5.75 Å². The molecule has 0 aromatic rings. The molecule has 0 fully saturated rings. The number of nitrogens with two attached hydrogens (primary N) is 1. The first kappa shape index (κ1) is 16.6. The summed E-state index contributed by atoms with van der Waals surface area (Å²) in [6.45, 7) is 3.84. The van der Waals surface area contributed by atoms with Crippen LogP contribution in [0.3, 0.4) is 0 Å². The molecule has 0 aliphatic rings. The molecule has 0 aromatic heterocycles. The van der Waals surface area contributed by atoms with Gasteiger partial charge in [0, 0.05) is 17.4 Å². The number of hydrogen-bond acceptors (Lipinski definition) is 5. The predicted octanol–water partition coefficient (Wildman–Crippen LogP) is 1.32. The lowest BCUT2D eigenvalue weighted by Crippen LogP contribution is -2.31. The highest BCUT2D eigenvalue weighted by molar-refractivity contribution is 8.00. The molecule has 0 aliphatic heterocycles. The van der Waals surface area contributed by atoms with Gasteiger partial charge in [0.1, 0.15) is 15.7 Å². The van der Waals surface area contributed by atoms with Crippen LogP contribution in [0.1, 0.15) is 26.7 Å². The van der Waals surface area contributed by atoms with Crippen LogP contribution in [0.25, 0.3) is 0 Å². The van der Waals surface area contributed by atoms with E-state index in [1.54, 1.807) is 11.8 Å². The number of rotatable bonds is 8. The van der Waals surface area contributed by atoms with Gasteiger partial charge >= 0.3 is 0 Å². The molecule has 0 atom stereocenters. The zero-order chi connectivity index (χ0) is 13.5. The number of thioether (sulfide) groups is 1. The van der Waals surface area contributed by atoms with E-state index in [0.29, 0.717) is 5.75 Å². The van der Waals surface area contributed by atoms with E-state index in [0.717, 1.165) is 18.6 Å². The maximum absolute atomic E-state index is 10.9. The van der Waals surface area contributed by atoms with Gasteiger partial charge in [-0.2, -0.15) is 11.8 Å². The molecule has 7 heteroatoms. The van der Waals surface area contributed by atoms with E-state index in [4.69, 9.17) is 10.9 Å². The molecule has 0 aliphatic carbocycles. The number of oxime groups is 1. The van der Waals surface area contributed by atoms with Gasteiger partial charge in [-0.1, -0.05) is 19.0 Å². The topological polar surface area (TPSA) is 92.8 Å². The lowest BCUT2D eigenvalue weighted by atomic mass is 9.87.